The topological polar surface area (TPSA) is 77.8 Å². The van der Waals surface area contributed by atoms with Crippen LogP contribution in [0.1, 0.15) is 84.0 Å². The monoisotopic (exact) mass is 360 g/mol. The minimum atomic E-state index is -1.20. The summed E-state index contributed by atoms with van der Waals surface area (Å²) in [5.41, 5.74) is -0.0130. The van der Waals surface area contributed by atoms with Gasteiger partial charge in [-0.1, -0.05) is 57.6 Å². The fourth-order valence-electron chi connectivity index (χ4n) is 2.44. The van der Waals surface area contributed by atoms with Crippen LogP contribution in [0.4, 0.5) is 0 Å². The molecule has 0 rings (SSSR count). The van der Waals surface area contributed by atoms with Crippen LogP contribution in [0.3, 0.4) is 0 Å². The predicted octanol–water partition coefficient (Wildman–Crippen LogP) is 4.12. The minimum absolute atomic E-state index is 0.0130. The van der Waals surface area contributed by atoms with Crippen molar-refractivity contribution >= 4 is 14.1 Å². The van der Waals surface area contributed by atoms with Crippen LogP contribution in [-0.4, -0.2) is 39.4 Å². The van der Waals surface area contributed by atoms with Crippen molar-refractivity contribution in [2.45, 2.75) is 95.9 Å². The van der Waals surface area contributed by atoms with Gasteiger partial charge in [0.2, 0.25) is 0 Å². The molecule has 0 saturated carbocycles. The van der Waals surface area contributed by atoms with Gasteiger partial charge >= 0.3 is 0 Å². The third-order valence-electron chi connectivity index (χ3n) is 4.03. The average molecular weight is 360 g/mol. The molecule has 24 heavy (non-hydrogen) atoms. The standard InChI is InChI=1S/C19H37O4P/c1-2-3-4-5-6-7-8-9-10-11-12-13-14-15-18(22)24-19(23)17(21)16-20/h7-8,17,19-21,23-24H,2-6,9-16H2,1H3/b8-7-. The summed E-state index contributed by atoms with van der Waals surface area (Å²) < 4.78 is 0. The van der Waals surface area contributed by atoms with Gasteiger partial charge in [-0.2, -0.15) is 0 Å². The molecule has 0 bridgehead atoms. The summed E-state index contributed by atoms with van der Waals surface area (Å²) in [6.45, 7) is 1.73. The summed E-state index contributed by atoms with van der Waals surface area (Å²) in [6.07, 6.45) is 16.9. The Labute approximate surface area is 149 Å². The fraction of sp³-hybridized carbons (Fsp3) is 0.842. The quantitative estimate of drug-likeness (QED) is 0.207. The van der Waals surface area contributed by atoms with E-state index in [1.807, 2.05) is 0 Å². The number of hydrogen-bond donors (Lipinski definition) is 3. The van der Waals surface area contributed by atoms with Crippen molar-refractivity contribution in [1.82, 2.24) is 0 Å². The number of aliphatic hydroxyl groups excluding tert-OH is 3. The molecule has 3 N–H and O–H groups in total. The van der Waals surface area contributed by atoms with Crippen LogP contribution in [0.5, 0.6) is 0 Å². The van der Waals surface area contributed by atoms with Gasteiger partial charge in [-0.05, 0) is 40.7 Å². The second-order valence-corrected chi connectivity index (χ2v) is 7.83. The first-order valence-electron chi connectivity index (χ1n) is 9.53. The largest absolute Gasteiger partial charge is 0.394 e. The molecule has 0 fully saturated rings. The maximum Gasteiger partial charge on any atom is 0.154 e. The van der Waals surface area contributed by atoms with E-state index in [0.29, 0.717) is 6.42 Å². The summed E-state index contributed by atoms with van der Waals surface area (Å²) >= 11 is 0. The van der Waals surface area contributed by atoms with Crippen LogP contribution in [0.25, 0.3) is 0 Å². The van der Waals surface area contributed by atoms with Crippen molar-refractivity contribution in [3.8, 4) is 0 Å². The van der Waals surface area contributed by atoms with Gasteiger partial charge in [0, 0.05) is 6.42 Å². The lowest BCUT2D eigenvalue weighted by molar-refractivity contribution is -0.111. The summed E-state index contributed by atoms with van der Waals surface area (Å²) in [4.78, 5) is 11.6. The molecule has 0 aliphatic carbocycles. The summed E-state index contributed by atoms with van der Waals surface area (Å²) in [5.74, 6) is -1.11. The molecule has 0 spiro atoms. The molecule has 142 valence electrons. The van der Waals surface area contributed by atoms with Gasteiger partial charge in [0.15, 0.2) is 5.52 Å². The smallest absolute Gasteiger partial charge is 0.154 e. The van der Waals surface area contributed by atoms with Crippen LogP contribution in [0.15, 0.2) is 12.2 Å². The van der Waals surface area contributed by atoms with Gasteiger partial charge in [-0.3, -0.25) is 4.79 Å². The number of rotatable bonds is 17. The second-order valence-electron chi connectivity index (χ2n) is 6.39. The highest BCUT2D eigenvalue weighted by Crippen LogP contribution is 2.24. The number of carbonyl (C=O) groups excluding carboxylic acids is 1. The normalized spacial score (nSPS) is 14.7. The van der Waals surface area contributed by atoms with Gasteiger partial charge in [0.1, 0.15) is 11.9 Å². The fourth-order valence-corrected chi connectivity index (χ4v) is 3.38. The van der Waals surface area contributed by atoms with E-state index >= 15 is 0 Å². The van der Waals surface area contributed by atoms with E-state index < -0.39 is 18.6 Å². The summed E-state index contributed by atoms with van der Waals surface area (Å²) in [7, 11) is -0.324. The molecule has 0 aliphatic rings. The summed E-state index contributed by atoms with van der Waals surface area (Å²) in [6, 6.07) is 0. The zero-order valence-electron chi connectivity index (χ0n) is 15.3. The molecule has 3 unspecified atom stereocenters. The Kier molecular flexibility index (Phi) is 17.3. The molecule has 0 saturated heterocycles. The van der Waals surface area contributed by atoms with E-state index in [0.717, 1.165) is 25.7 Å². The van der Waals surface area contributed by atoms with Crippen molar-refractivity contribution in [3.63, 3.8) is 0 Å². The Morgan fingerprint density at radius 1 is 0.917 bits per heavy atom. The Balaban J connectivity index is 3.35. The average Bonchev–Trinajstić information content (AvgIpc) is 2.58. The van der Waals surface area contributed by atoms with Crippen molar-refractivity contribution in [2.24, 2.45) is 0 Å². The van der Waals surface area contributed by atoms with Crippen molar-refractivity contribution in [2.75, 3.05) is 6.61 Å². The maximum atomic E-state index is 11.6. The van der Waals surface area contributed by atoms with E-state index in [1.54, 1.807) is 0 Å². The molecular weight excluding hydrogens is 323 g/mol. The van der Waals surface area contributed by atoms with Crippen LogP contribution in [0.2, 0.25) is 0 Å². The van der Waals surface area contributed by atoms with Gasteiger partial charge < -0.3 is 15.3 Å². The lowest BCUT2D eigenvalue weighted by Crippen LogP contribution is -2.26. The Bertz CT molecular complexity index is 320. The van der Waals surface area contributed by atoms with Crippen LogP contribution in [-0.2, 0) is 4.79 Å². The zero-order valence-corrected chi connectivity index (χ0v) is 16.3. The highest BCUT2D eigenvalue weighted by Gasteiger charge is 2.18. The van der Waals surface area contributed by atoms with Crippen molar-refractivity contribution in [3.05, 3.63) is 12.2 Å². The zero-order chi connectivity index (χ0) is 18.0. The van der Waals surface area contributed by atoms with Crippen LogP contribution >= 0.6 is 8.58 Å². The van der Waals surface area contributed by atoms with E-state index in [2.05, 4.69) is 19.1 Å². The summed E-state index contributed by atoms with van der Waals surface area (Å²) in [5, 5.41) is 27.4. The molecule has 5 heteroatoms. The Hall–Kier alpha value is -0.280. The van der Waals surface area contributed by atoms with Gasteiger partial charge in [-0.15, -0.1) is 0 Å². The van der Waals surface area contributed by atoms with Crippen molar-refractivity contribution in [1.29, 1.82) is 0 Å². The predicted molar refractivity (Wildman–Crippen MR) is 103 cm³/mol. The van der Waals surface area contributed by atoms with E-state index in [1.165, 1.54) is 44.9 Å². The molecule has 0 radical (unpaired) electrons. The molecule has 0 heterocycles. The number of unbranched alkanes of at least 4 members (excludes halogenated alkanes) is 9. The number of carbonyl (C=O) groups is 1. The number of hydrogen-bond acceptors (Lipinski definition) is 4. The third-order valence-corrected chi connectivity index (χ3v) is 5.28. The first-order chi connectivity index (χ1) is 11.6. The minimum Gasteiger partial charge on any atom is -0.394 e. The lowest BCUT2D eigenvalue weighted by atomic mass is 10.1. The van der Waals surface area contributed by atoms with E-state index in [-0.39, 0.29) is 14.1 Å². The first kappa shape index (κ1) is 23.7. The third kappa shape index (κ3) is 15.3. The first-order valence-corrected chi connectivity index (χ1v) is 10.6. The van der Waals surface area contributed by atoms with Crippen LogP contribution in [0, 0.1) is 0 Å². The van der Waals surface area contributed by atoms with Gasteiger partial charge in [0.25, 0.3) is 0 Å². The molecular formula is C19H37O4P. The molecule has 0 amide bonds. The number of allylic oxidation sites excluding steroid dienone is 2. The Morgan fingerprint density at radius 3 is 2.04 bits per heavy atom. The molecule has 0 aromatic rings. The molecule has 0 aromatic carbocycles. The Morgan fingerprint density at radius 2 is 1.46 bits per heavy atom. The van der Waals surface area contributed by atoms with Crippen LogP contribution < -0.4 is 0 Å². The lowest BCUT2D eigenvalue weighted by Gasteiger charge is -2.14. The van der Waals surface area contributed by atoms with Gasteiger partial charge in [-0.25, -0.2) is 0 Å². The van der Waals surface area contributed by atoms with Gasteiger partial charge in [0.05, 0.1) is 6.61 Å². The molecule has 4 nitrogen and oxygen atoms in total. The highest BCUT2D eigenvalue weighted by atomic mass is 31.1. The molecule has 0 aromatic heterocycles. The number of aliphatic hydroxyl groups is 3. The SMILES string of the molecule is CCCCCC/C=C\CCCCCCCC(=O)PC(O)C(O)CO. The van der Waals surface area contributed by atoms with E-state index in [4.69, 9.17) is 5.11 Å². The maximum absolute atomic E-state index is 11.6. The van der Waals surface area contributed by atoms with Crippen molar-refractivity contribution < 1.29 is 20.1 Å². The molecule has 0 aliphatic heterocycles. The molecule has 3 atom stereocenters. The highest BCUT2D eigenvalue weighted by molar-refractivity contribution is 7.58. The van der Waals surface area contributed by atoms with E-state index in [9.17, 15) is 15.0 Å². The second kappa shape index (κ2) is 17.5.